The highest BCUT2D eigenvalue weighted by atomic mass is 16.5. The van der Waals surface area contributed by atoms with Crippen molar-refractivity contribution in [3.63, 3.8) is 0 Å². The highest BCUT2D eigenvalue weighted by Crippen LogP contribution is 2.25. The first-order valence-electron chi connectivity index (χ1n) is 10.3. The standard InChI is InChI=1S/C23H25N7O2/c1-16(22-20(31)8-11-30(28-22)19-14-26-29(2)15-19)17-5-4-6-18(13-17)23-25-9-7-21(27-23)24-10-12-32-3/h4-9,11,13-16H,10,12H2,1-3H3,(H,24,25,27). The van der Waals surface area contributed by atoms with Crippen LogP contribution in [0.15, 0.2) is 66.0 Å². The lowest BCUT2D eigenvalue weighted by atomic mass is 9.95. The largest absolute Gasteiger partial charge is 0.383 e. The Morgan fingerprint density at radius 1 is 1.22 bits per heavy atom. The molecule has 1 unspecified atom stereocenters. The SMILES string of the molecule is COCCNc1ccnc(-c2cccc(C(C)c3nn(-c4cnn(C)c4)ccc3=O)c2)n1. The molecule has 164 valence electrons. The maximum atomic E-state index is 12.6. The Labute approximate surface area is 185 Å². The molecule has 1 aromatic carbocycles. The lowest BCUT2D eigenvalue weighted by Gasteiger charge is -2.14. The van der Waals surface area contributed by atoms with Gasteiger partial charge in [-0.25, -0.2) is 14.6 Å². The van der Waals surface area contributed by atoms with E-state index in [1.54, 1.807) is 35.1 Å². The predicted molar refractivity (Wildman–Crippen MR) is 122 cm³/mol. The van der Waals surface area contributed by atoms with Crippen LogP contribution in [0.5, 0.6) is 0 Å². The number of benzene rings is 1. The molecule has 1 atom stereocenters. The topological polar surface area (TPSA) is 99.7 Å². The first kappa shape index (κ1) is 21.4. The Balaban J connectivity index is 1.63. The number of aromatic nitrogens is 6. The lowest BCUT2D eigenvalue weighted by molar-refractivity contribution is 0.210. The first-order chi connectivity index (χ1) is 15.5. The van der Waals surface area contributed by atoms with Gasteiger partial charge in [-0.1, -0.05) is 25.1 Å². The van der Waals surface area contributed by atoms with Crippen molar-refractivity contribution in [3.05, 3.63) is 82.7 Å². The van der Waals surface area contributed by atoms with Crippen LogP contribution in [-0.2, 0) is 11.8 Å². The molecule has 9 heteroatoms. The number of rotatable bonds is 8. The van der Waals surface area contributed by atoms with Gasteiger partial charge in [0.05, 0.1) is 19.0 Å². The molecule has 0 aliphatic carbocycles. The number of hydrogen-bond donors (Lipinski definition) is 1. The molecule has 3 heterocycles. The molecule has 0 saturated carbocycles. The summed E-state index contributed by atoms with van der Waals surface area (Å²) in [6.45, 7) is 3.22. The fourth-order valence-electron chi connectivity index (χ4n) is 3.38. The minimum atomic E-state index is -0.213. The maximum Gasteiger partial charge on any atom is 0.203 e. The number of nitrogens with one attached hydrogen (secondary N) is 1. The normalized spacial score (nSPS) is 12.0. The van der Waals surface area contributed by atoms with Gasteiger partial charge in [-0.05, 0) is 17.7 Å². The van der Waals surface area contributed by atoms with Crippen LogP contribution in [0, 0.1) is 0 Å². The van der Waals surface area contributed by atoms with Crippen LogP contribution in [0.1, 0.15) is 24.1 Å². The van der Waals surface area contributed by atoms with Gasteiger partial charge in [-0.15, -0.1) is 0 Å². The molecule has 1 N–H and O–H groups in total. The van der Waals surface area contributed by atoms with Gasteiger partial charge in [-0.2, -0.15) is 10.2 Å². The van der Waals surface area contributed by atoms with Crippen LogP contribution < -0.4 is 10.7 Å². The zero-order chi connectivity index (χ0) is 22.5. The fraction of sp³-hybridized carbons (Fsp3) is 0.261. The quantitative estimate of drug-likeness (QED) is 0.428. The van der Waals surface area contributed by atoms with Gasteiger partial charge in [0.1, 0.15) is 17.2 Å². The minimum Gasteiger partial charge on any atom is -0.383 e. The Morgan fingerprint density at radius 3 is 2.88 bits per heavy atom. The lowest BCUT2D eigenvalue weighted by Crippen LogP contribution is -2.18. The Bertz CT molecular complexity index is 1260. The van der Waals surface area contributed by atoms with Crippen LogP contribution in [0.3, 0.4) is 0 Å². The highest BCUT2D eigenvalue weighted by molar-refractivity contribution is 5.58. The summed E-state index contributed by atoms with van der Waals surface area (Å²) in [5.74, 6) is 1.12. The van der Waals surface area contributed by atoms with Crippen molar-refractivity contribution in [1.82, 2.24) is 29.5 Å². The van der Waals surface area contributed by atoms with Gasteiger partial charge in [0.25, 0.3) is 0 Å². The van der Waals surface area contributed by atoms with Crippen LogP contribution in [-0.4, -0.2) is 49.8 Å². The molecule has 4 aromatic rings. The zero-order valence-corrected chi connectivity index (χ0v) is 18.3. The van der Waals surface area contributed by atoms with Gasteiger partial charge in [0, 0.05) is 50.6 Å². The third-order valence-corrected chi connectivity index (χ3v) is 5.11. The van der Waals surface area contributed by atoms with Crippen molar-refractivity contribution in [2.75, 3.05) is 25.6 Å². The molecule has 0 aliphatic heterocycles. The number of anilines is 1. The molecule has 0 aliphatic rings. The van der Waals surface area contributed by atoms with E-state index in [0.29, 0.717) is 24.7 Å². The third kappa shape index (κ3) is 4.73. The number of aryl methyl sites for hydroxylation is 1. The Hall–Kier alpha value is -3.85. The minimum absolute atomic E-state index is 0.108. The zero-order valence-electron chi connectivity index (χ0n) is 18.3. The van der Waals surface area contributed by atoms with Crippen molar-refractivity contribution in [2.45, 2.75) is 12.8 Å². The molecule has 32 heavy (non-hydrogen) atoms. The van der Waals surface area contributed by atoms with Gasteiger partial charge in [-0.3, -0.25) is 9.48 Å². The third-order valence-electron chi connectivity index (χ3n) is 5.11. The molecule has 0 saturated heterocycles. The maximum absolute atomic E-state index is 12.6. The Morgan fingerprint density at radius 2 is 2.09 bits per heavy atom. The second-order valence-corrected chi connectivity index (χ2v) is 7.41. The predicted octanol–water partition coefficient (Wildman–Crippen LogP) is 2.63. The van der Waals surface area contributed by atoms with E-state index in [1.165, 1.54) is 6.07 Å². The monoisotopic (exact) mass is 431 g/mol. The molecule has 0 fully saturated rings. The van der Waals surface area contributed by atoms with Gasteiger partial charge in [0.2, 0.25) is 5.43 Å². The number of nitrogens with zero attached hydrogens (tertiary/aromatic N) is 6. The van der Waals surface area contributed by atoms with Crippen molar-refractivity contribution < 1.29 is 4.74 Å². The average molecular weight is 432 g/mol. The molecule has 4 rings (SSSR count). The fourth-order valence-corrected chi connectivity index (χ4v) is 3.38. The molecule has 0 radical (unpaired) electrons. The highest BCUT2D eigenvalue weighted by Gasteiger charge is 2.16. The molecule has 0 bridgehead atoms. The summed E-state index contributed by atoms with van der Waals surface area (Å²) in [5, 5.41) is 12.0. The van der Waals surface area contributed by atoms with Crippen molar-refractivity contribution in [1.29, 1.82) is 0 Å². The van der Waals surface area contributed by atoms with Crippen molar-refractivity contribution in [2.24, 2.45) is 7.05 Å². The van der Waals surface area contributed by atoms with Gasteiger partial charge in [0.15, 0.2) is 5.82 Å². The average Bonchev–Trinajstić information content (AvgIpc) is 3.26. The van der Waals surface area contributed by atoms with Gasteiger partial charge < -0.3 is 10.1 Å². The first-order valence-corrected chi connectivity index (χ1v) is 10.3. The molecular formula is C23H25N7O2. The second-order valence-electron chi connectivity index (χ2n) is 7.41. The van der Waals surface area contributed by atoms with E-state index in [4.69, 9.17) is 4.74 Å². The van der Waals surface area contributed by atoms with Crippen molar-refractivity contribution in [3.8, 4) is 17.1 Å². The summed E-state index contributed by atoms with van der Waals surface area (Å²) < 4.78 is 8.43. The van der Waals surface area contributed by atoms with Gasteiger partial charge >= 0.3 is 0 Å². The summed E-state index contributed by atoms with van der Waals surface area (Å²) in [5.41, 5.74) is 2.97. The summed E-state index contributed by atoms with van der Waals surface area (Å²) >= 11 is 0. The summed E-state index contributed by atoms with van der Waals surface area (Å²) in [6, 6.07) is 11.2. The molecule has 0 amide bonds. The van der Waals surface area contributed by atoms with Crippen LogP contribution in [0.25, 0.3) is 17.1 Å². The molecular weight excluding hydrogens is 406 g/mol. The molecule has 0 spiro atoms. The van der Waals surface area contributed by atoms with E-state index in [2.05, 4.69) is 25.5 Å². The summed E-state index contributed by atoms with van der Waals surface area (Å²) in [7, 11) is 3.50. The molecule has 9 nitrogen and oxygen atoms in total. The van der Waals surface area contributed by atoms with E-state index in [0.717, 1.165) is 22.6 Å². The smallest absolute Gasteiger partial charge is 0.203 e. The number of ether oxygens (including phenoxy) is 1. The van der Waals surface area contributed by atoms with Crippen LogP contribution in [0.2, 0.25) is 0 Å². The number of methoxy groups -OCH3 is 1. The van der Waals surface area contributed by atoms with Crippen LogP contribution in [0.4, 0.5) is 5.82 Å². The van der Waals surface area contributed by atoms with Crippen LogP contribution >= 0.6 is 0 Å². The summed E-state index contributed by atoms with van der Waals surface area (Å²) in [6.07, 6.45) is 6.93. The number of hydrogen-bond acceptors (Lipinski definition) is 7. The van der Waals surface area contributed by atoms with E-state index in [1.807, 2.05) is 50.5 Å². The van der Waals surface area contributed by atoms with E-state index >= 15 is 0 Å². The van der Waals surface area contributed by atoms with E-state index in [9.17, 15) is 4.79 Å². The Kier molecular flexibility index (Phi) is 6.37. The second kappa shape index (κ2) is 9.52. The van der Waals surface area contributed by atoms with Crippen molar-refractivity contribution >= 4 is 5.82 Å². The molecule has 3 aromatic heterocycles. The van der Waals surface area contributed by atoms with E-state index < -0.39 is 0 Å². The van der Waals surface area contributed by atoms with E-state index in [-0.39, 0.29) is 11.3 Å². The summed E-state index contributed by atoms with van der Waals surface area (Å²) in [4.78, 5) is 21.6.